The molecule has 3 aromatic rings. The molecule has 1 heterocycles. The Labute approximate surface area is 172 Å². The van der Waals surface area contributed by atoms with Crippen molar-refractivity contribution in [1.29, 1.82) is 0 Å². The number of aryl methyl sites for hydroxylation is 1. The van der Waals surface area contributed by atoms with Crippen LogP contribution in [0.1, 0.15) is 29.2 Å². The first-order chi connectivity index (χ1) is 13.7. The van der Waals surface area contributed by atoms with Crippen molar-refractivity contribution in [2.24, 2.45) is 5.73 Å². The van der Waals surface area contributed by atoms with E-state index < -0.39 is 0 Å². The molecule has 4 N–H and O–H groups in total. The van der Waals surface area contributed by atoms with Crippen molar-refractivity contribution in [3.05, 3.63) is 88.1 Å². The van der Waals surface area contributed by atoms with Gasteiger partial charge in [0.1, 0.15) is 5.82 Å². The highest BCUT2D eigenvalue weighted by Gasteiger charge is 2.11. The van der Waals surface area contributed by atoms with E-state index in [1.165, 1.54) is 16.7 Å². The number of hydrogen-bond acceptors (Lipinski definition) is 4. The number of nitrogens with one attached hydrogen (secondary N) is 2. The van der Waals surface area contributed by atoms with Gasteiger partial charge in [-0.15, -0.1) is 0 Å². The van der Waals surface area contributed by atoms with E-state index in [9.17, 15) is 0 Å². The van der Waals surface area contributed by atoms with Gasteiger partial charge in [-0.05, 0) is 53.8 Å². The van der Waals surface area contributed by atoms with Gasteiger partial charge in [-0.2, -0.15) is 0 Å². The predicted octanol–water partition coefficient (Wildman–Crippen LogP) is 5.02. The summed E-state index contributed by atoms with van der Waals surface area (Å²) in [5, 5.41) is 7.56. The molecule has 0 aliphatic heterocycles. The van der Waals surface area contributed by atoms with Crippen LogP contribution in [-0.2, 0) is 25.9 Å². The van der Waals surface area contributed by atoms with Gasteiger partial charge in [-0.25, -0.2) is 4.98 Å². The minimum absolute atomic E-state index is 0.603. The maximum absolute atomic E-state index is 6.46. The van der Waals surface area contributed by atoms with Gasteiger partial charge in [-0.1, -0.05) is 61.0 Å². The fraction of sp³-hybridized carbons (Fsp3) is 0.261. The molecule has 0 spiro atoms. The first-order valence-electron chi connectivity index (χ1n) is 9.68. The molecule has 0 bridgehead atoms. The summed E-state index contributed by atoms with van der Waals surface area (Å²) in [6.45, 7) is 4.17. The van der Waals surface area contributed by atoms with Crippen molar-refractivity contribution in [3.63, 3.8) is 0 Å². The minimum Gasteiger partial charge on any atom is -0.379 e. The van der Waals surface area contributed by atoms with Crippen LogP contribution in [-0.4, -0.2) is 11.5 Å². The third kappa shape index (κ3) is 5.24. The summed E-state index contributed by atoms with van der Waals surface area (Å²) in [5.41, 5.74) is 11.6. The van der Waals surface area contributed by atoms with Crippen LogP contribution in [0.4, 0.5) is 11.5 Å². The second kappa shape index (κ2) is 10.1. The smallest absolute Gasteiger partial charge is 0.126 e. The van der Waals surface area contributed by atoms with Gasteiger partial charge in [0.2, 0.25) is 0 Å². The van der Waals surface area contributed by atoms with E-state index in [-0.39, 0.29) is 0 Å². The molecule has 146 valence electrons. The molecule has 3 rings (SSSR count). The standard InChI is InChI=1S/C23H27ClN4/c1-2-19-9-10-21(24)23(20(19)12-13-25)28-16-18-8-11-22(27-15-18)26-14-17-6-4-3-5-7-17/h3-11,15,28H,2,12-14,16,25H2,1H3,(H,26,27). The number of halogens is 1. The Kier molecular flexibility index (Phi) is 7.29. The Morgan fingerprint density at radius 3 is 2.39 bits per heavy atom. The maximum atomic E-state index is 6.46. The highest BCUT2D eigenvalue weighted by molar-refractivity contribution is 6.33. The zero-order valence-corrected chi connectivity index (χ0v) is 17.0. The molecule has 0 unspecified atom stereocenters. The zero-order valence-electron chi connectivity index (χ0n) is 16.2. The lowest BCUT2D eigenvalue weighted by Crippen LogP contribution is -2.10. The van der Waals surface area contributed by atoms with Crippen LogP contribution in [0.5, 0.6) is 0 Å². The van der Waals surface area contributed by atoms with Gasteiger partial charge in [0, 0.05) is 19.3 Å². The Balaban J connectivity index is 1.63. The topological polar surface area (TPSA) is 63.0 Å². The van der Waals surface area contributed by atoms with Crippen LogP contribution in [0, 0.1) is 0 Å². The summed E-state index contributed by atoms with van der Waals surface area (Å²) in [5.74, 6) is 0.863. The molecular weight excluding hydrogens is 368 g/mol. The van der Waals surface area contributed by atoms with E-state index >= 15 is 0 Å². The predicted molar refractivity (Wildman–Crippen MR) is 119 cm³/mol. The molecule has 0 saturated carbocycles. The van der Waals surface area contributed by atoms with Crippen molar-refractivity contribution in [2.45, 2.75) is 32.9 Å². The molecule has 28 heavy (non-hydrogen) atoms. The number of aromatic nitrogens is 1. The monoisotopic (exact) mass is 394 g/mol. The minimum atomic E-state index is 0.603. The Bertz CT molecular complexity index is 879. The molecule has 4 nitrogen and oxygen atoms in total. The van der Waals surface area contributed by atoms with Crippen molar-refractivity contribution < 1.29 is 0 Å². The Morgan fingerprint density at radius 1 is 0.929 bits per heavy atom. The molecule has 0 saturated heterocycles. The average Bonchev–Trinajstić information content (AvgIpc) is 2.74. The normalized spacial score (nSPS) is 10.7. The molecule has 0 radical (unpaired) electrons. The lowest BCUT2D eigenvalue weighted by atomic mass is 10.00. The number of pyridine rings is 1. The number of rotatable bonds is 9. The SMILES string of the molecule is CCc1ccc(Cl)c(NCc2ccc(NCc3ccccc3)nc2)c1CCN. The summed E-state index contributed by atoms with van der Waals surface area (Å²) < 4.78 is 0. The van der Waals surface area contributed by atoms with Gasteiger partial charge >= 0.3 is 0 Å². The number of nitrogens with zero attached hydrogens (tertiary/aromatic N) is 1. The largest absolute Gasteiger partial charge is 0.379 e. The van der Waals surface area contributed by atoms with Gasteiger partial charge in [-0.3, -0.25) is 0 Å². The van der Waals surface area contributed by atoms with Crippen LogP contribution in [0.2, 0.25) is 5.02 Å². The third-order valence-electron chi connectivity index (χ3n) is 4.74. The first kappa shape index (κ1) is 20.2. The van der Waals surface area contributed by atoms with Crippen molar-refractivity contribution in [2.75, 3.05) is 17.2 Å². The Morgan fingerprint density at radius 2 is 1.71 bits per heavy atom. The van der Waals surface area contributed by atoms with Crippen LogP contribution >= 0.6 is 11.6 Å². The van der Waals surface area contributed by atoms with E-state index in [4.69, 9.17) is 17.3 Å². The number of benzene rings is 2. The molecule has 5 heteroatoms. The lowest BCUT2D eigenvalue weighted by Gasteiger charge is -2.17. The molecule has 0 amide bonds. The van der Waals surface area contributed by atoms with Crippen LogP contribution in [0.25, 0.3) is 0 Å². The molecule has 0 fully saturated rings. The zero-order chi connectivity index (χ0) is 19.8. The van der Waals surface area contributed by atoms with E-state index in [2.05, 4.69) is 46.8 Å². The van der Waals surface area contributed by atoms with Crippen LogP contribution in [0.3, 0.4) is 0 Å². The number of anilines is 2. The summed E-state index contributed by atoms with van der Waals surface area (Å²) in [6, 6.07) is 18.4. The van der Waals surface area contributed by atoms with E-state index in [0.717, 1.165) is 41.5 Å². The number of nitrogens with two attached hydrogens (primary N) is 1. The van der Waals surface area contributed by atoms with Gasteiger partial charge in [0.05, 0.1) is 10.7 Å². The van der Waals surface area contributed by atoms with E-state index in [0.29, 0.717) is 13.1 Å². The fourth-order valence-corrected chi connectivity index (χ4v) is 3.47. The second-order valence-electron chi connectivity index (χ2n) is 6.70. The van der Waals surface area contributed by atoms with Gasteiger partial charge in [0.25, 0.3) is 0 Å². The lowest BCUT2D eigenvalue weighted by molar-refractivity contribution is 0.935. The molecule has 0 aliphatic carbocycles. The van der Waals surface area contributed by atoms with Gasteiger partial charge < -0.3 is 16.4 Å². The first-order valence-corrected chi connectivity index (χ1v) is 10.1. The quantitative estimate of drug-likeness (QED) is 0.476. The van der Waals surface area contributed by atoms with E-state index in [1.807, 2.05) is 36.5 Å². The van der Waals surface area contributed by atoms with Crippen LogP contribution in [0.15, 0.2) is 60.8 Å². The van der Waals surface area contributed by atoms with Crippen LogP contribution < -0.4 is 16.4 Å². The summed E-state index contributed by atoms with van der Waals surface area (Å²) in [7, 11) is 0. The molecule has 0 aliphatic rings. The molecule has 0 atom stereocenters. The molecule has 1 aromatic heterocycles. The molecular formula is C23H27ClN4. The highest BCUT2D eigenvalue weighted by Crippen LogP contribution is 2.30. The highest BCUT2D eigenvalue weighted by atomic mass is 35.5. The van der Waals surface area contributed by atoms with E-state index in [1.54, 1.807) is 0 Å². The molecule has 2 aromatic carbocycles. The fourth-order valence-electron chi connectivity index (χ4n) is 3.23. The second-order valence-corrected chi connectivity index (χ2v) is 7.10. The number of hydrogen-bond donors (Lipinski definition) is 3. The third-order valence-corrected chi connectivity index (χ3v) is 5.06. The summed E-state index contributed by atoms with van der Waals surface area (Å²) in [4.78, 5) is 4.52. The Hall–Kier alpha value is -2.56. The summed E-state index contributed by atoms with van der Waals surface area (Å²) in [6.07, 6.45) is 3.66. The van der Waals surface area contributed by atoms with Crippen molar-refractivity contribution in [3.8, 4) is 0 Å². The van der Waals surface area contributed by atoms with Gasteiger partial charge in [0.15, 0.2) is 0 Å². The maximum Gasteiger partial charge on any atom is 0.126 e. The average molecular weight is 395 g/mol. The summed E-state index contributed by atoms with van der Waals surface area (Å²) >= 11 is 6.46. The van der Waals surface area contributed by atoms with Crippen molar-refractivity contribution >= 4 is 23.1 Å². The van der Waals surface area contributed by atoms with Crippen molar-refractivity contribution in [1.82, 2.24) is 4.98 Å².